The molecule has 0 atom stereocenters. The number of amides is 1. The molecule has 20 heavy (non-hydrogen) atoms. The predicted molar refractivity (Wildman–Crippen MR) is 82.9 cm³/mol. The maximum Gasteiger partial charge on any atom is 0.250 e. The normalized spacial score (nSPS) is 14.2. The van der Waals surface area contributed by atoms with Gasteiger partial charge in [0, 0.05) is 10.9 Å². The molecule has 0 radical (unpaired) electrons. The van der Waals surface area contributed by atoms with Crippen molar-refractivity contribution in [2.75, 3.05) is 10.6 Å². The largest absolute Gasteiger partial charge is 0.396 e. The fraction of sp³-hybridized carbons (Fsp3) is 0.267. The Morgan fingerprint density at radius 3 is 2.70 bits per heavy atom. The van der Waals surface area contributed by atoms with E-state index < -0.39 is 5.91 Å². The lowest BCUT2D eigenvalue weighted by Gasteiger charge is -2.26. The molecule has 1 saturated carbocycles. The zero-order chi connectivity index (χ0) is 14.1. The van der Waals surface area contributed by atoms with Crippen molar-refractivity contribution in [1.29, 1.82) is 0 Å². The van der Waals surface area contributed by atoms with Crippen LogP contribution in [0.15, 0.2) is 35.7 Å². The molecule has 0 unspecified atom stereocenters. The molecule has 1 amide bonds. The van der Waals surface area contributed by atoms with E-state index in [2.05, 4.69) is 16.3 Å². The number of rotatable bonds is 5. The average Bonchev–Trinajstić information content (AvgIpc) is 3.14. The summed E-state index contributed by atoms with van der Waals surface area (Å²) in [6, 6.07) is 10.2. The van der Waals surface area contributed by atoms with Gasteiger partial charge in [0.05, 0.1) is 23.5 Å². The molecule has 1 aliphatic carbocycles. The molecule has 0 bridgehead atoms. The summed E-state index contributed by atoms with van der Waals surface area (Å²) in [5.74, 6) is -0.476. The van der Waals surface area contributed by atoms with Gasteiger partial charge in [-0.05, 0) is 36.4 Å². The Labute approximate surface area is 122 Å². The number of nitrogens with two attached hydrogens (primary N) is 2. The molecule has 104 valence electrons. The first-order valence-electron chi connectivity index (χ1n) is 6.64. The molecule has 1 aromatic heterocycles. The maximum absolute atomic E-state index is 11.4. The van der Waals surface area contributed by atoms with E-state index in [0.717, 1.165) is 12.2 Å². The van der Waals surface area contributed by atoms with Crippen molar-refractivity contribution in [3.63, 3.8) is 0 Å². The maximum atomic E-state index is 11.4. The first-order valence-corrected chi connectivity index (χ1v) is 7.52. The van der Waals surface area contributed by atoms with Crippen molar-refractivity contribution in [1.82, 2.24) is 0 Å². The molecule has 5 heteroatoms. The summed E-state index contributed by atoms with van der Waals surface area (Å²) in [5.41, 5.74) is 13.3. The zero-order valence-corrected chi connectivity index (χ0v) is 11.9. The SMILES string of the molecule is NC(=O)c1cccc(N(Cc2cccs2)C2CC2)c1N. The third-order valence-corrected chi connectivity index (χ3v) is 4.41. The van der Waals surface area contributed by atoms with E-state index in [1.54, 1.807) is 17.4 Å². The Morgan fingerprint density at radius 1 is 1.30 bits per heavy atom. The molecule has 4 nitrogen and oxygen atoms in total. The highest BCUT2D eigenvalue weighted by Gasteiger charge is 2.31. The second kappa shape index (κ2) is 5.17. The number of thiophene rings is 1. The molecular weight excluding hydrogens is 270 g/mol. The minimum absolute atomic E-state index is 0.402. The summed E-state index contributed by atoms with van der Waals surface area (Å²) in [6.45, 7) is 0.828. The number of nitrogen functional groups attached to an aromatic ring is 1. The smallest absolute Gasteiger partial charge is 0.250 e. The lowest BCUT2D eigenvalue weighted by Crippen LogP contribution is -2.26. The standard InChI is InChI=1S/C15H17N3OS/c16-14-12(15(17)19)4-1-5-13(14)18(10-6-7-10)9-11-3-2-8-20-11/h1-5,8,10H,6-7,9,16H2,(H2,17,19). The highest BCUT2D eigenvalue weighted by atomic mass is 32.1. The van der Waals surface area contributed by atoms with E-state index in [1.807, 2.05) is 18.2 Å². The van der Waals surface area contributed by atoms with E-state index in [-0.39, 0.29) is 0 Å². The number of hydrogen-bond donors (Lipinski definition) is 2. The molecule has 0 aliphatic heterocycles. The lowest BCUT2D eigenvalue weighted by molar-refractivity contribution is 0.100. The molecule has 0 spiro atoms. The second-order valence-electron chi connectivity index (χ2n) is 5.04. The van der Waals surface area contributed by atoms with Gasteiger partial charge in [-0.15, -0.1) is 11.3 Å². The van der Waals surface area contributed by atoms with Gasteiger partial charge < -0.3 is 16.4 Å². The third-order valence-electron chi connectivity index (χ3n) is 3.55. The van der Waals surface area contributed by atoms with Gasteiger partial charge in [0.15, 0.2) is 0 Å². The van der Waals surface area contributed by atoms with E-state index in [1.165, 1.54) is 17.7 Å². The van der Waals surface area contributed by atoms with Crippen LogP contribution in [0.1, 0.15) is 28.1 Å². The summed E-state index contributed by atoms with van der Waals surface area (Å²) < 4.78 is 0. The highest BCUT2D eigenvalue weighted by molar-refractivity contribution is 7.09. The Morgan fingerprint density at radius 2 is 2.10 bits per heavy atom. The number of hydrogen-bond acceptors (Lipinski definition) is 4. The van der Waals surface area contributed by atoms with Gasteiger partial charge in [-0.3, -0.25) is 4.79 Å². The molecule has 1 heterocycles. The number of primary amides is 1. The van der Waals surface area contributed by atoms with E-state index in [0.29, 0.717) is 17.3 Å². The number of para-hydroxylation sites is 1. The number of anilines is 2. The van der Waals surface area contributed by atoms with E-state index in [4.69, 9.17) is 11.5 Å². The average molecular weight is 287 g/mol. The minimum Gasteiger partial charge on any atom is -0.396 e. The fourth-order valence-electron chi connectivity index (χ4n) is 2.39. The number of carbonyl (C=O) groups is 1. The van der Waals surface area contributed by atoms with Gasteiger partial charge in [-0.2, -0.15) is 0 Å². The molecule has 2 aromatic rings. The van der Waals surface area contributed by atoms with Gasteiger partial charge >= 0.3 is 0 Å². The van der Waals surface area contributed by atoms with Crippen LogP contribution >= 0.6 is 11.3 Å². The Balaban J connectivity index is 1.95. The first-order chi connectivity index (χ1) is 9.66. The second-order valence-corrected chi connectivity index (χ2v) is 6.07. The van der Waals surface area contributed by atoms with Crippen molar-refractivity contribution >= 4 is 28.6 Å². The minimum atomic E-state index is -0.476. The molecule has 0 saturated heterocycles. The van der Waals surface area contributed by atoms with Gasteiger partial charge in [0.2, 0.25) is 0 Å². The molecule has 4 N–H and O–H groups in total. The first kappa shape index (κ1) is 13.0. The van der Waals surface area contributed by atoms with Crippen LogP contribution in [0.3, 0.4) is 0 Å². The summed E-state index contributed by atoms with van der Waals surface area (Å²) >= 11 is 1.73. The fourth-order valence-corrected chi connectivity index (χ4v) is 3.09. The quantitative estimate of drug-likeness (QED) is 0.830. The van der Waals surface area contributed by atoms with Crippen molar-refractivity contribution in [3.05, 3.63) is 46.2 Å². The van der Waals surface area contributed by atoms with Crippen LogP contribution in [-0.4, -0.2) is 11.9 Å². The summed E-state index contributed by atoms with van der Waals surface area (Å²) in [5, 5.41) is 2.07. The van der Waals surface area contributed by atoms with Crippen molar-refractivity contribution < 1.29 is 4.79 Å². The number of benzene rings is 1. The third kappa shape index (κ3) is 2.49. The van der Waals surface area contributed by atoms with Crippen molar-refractivity contribution in [2.45, 2.75) is 25.4 Å². The summed E-state index contributed by atoms with van der Waals surface area (Å²) in [7, 11) is 0. The van der Waals surface area contributed by atoms with Crippen LogP contribution in [0.5, 0.6) is 0 Å². The van der Waals surface area contributed by atoms with Crippen molar-refractivity contribution in [3.8, 4) is 0 Å². The highest BCUT2D eigenvalue weighted by Crippen LogP contribution is 2.37. The molecule has 1 aliphatic rings. The summed E-state index contributed by atoms with van der Waals surface area (Å²) in [6.07, 6.45) is 2.34. The Hall–Kier alpha value is -2.01. The van der Waals surface area contributed by atoms with Gasteiger partial charge in [0.1, 0.15) is 0 Å². The number of nitrogens with zero attached hydrogens (tertiary/aromatic N) is 1. The molecule has 1 aromatic carbocycles. The van der Waals surface area contributed by atoms with Gasteiger partial charge in [-0.25, -0.2) is 0 Å². The van der Waals surface area contributed by atoms with E-state index >= 15 is 0 Å². The monoisotopic (exact) mass is 287 g/mol. The molecule has 1 fully saturated rings. The van der Waals surface area contributed by atoms with Crippen molar-refractivity contribution in [2.24, 2.45) is 5.73 Å². The van der Waals surface area contributed by atoms with Crippen LogP contribution in [0.2, 0.25) is 0 Å². The van der Waals surface area contributed by atoms with Crippen LogP contribution in [0.4, 0.5) is 11.4 Å². The van der Waals surface area contributed by atoms with Crippen LogP contribution in [0, 0.1) is 0 Å². The molecular formula is C15H17N3OS. The van der Waals surface area contributed by atoms with E-state index in [9.17, 15) is 4.79 Å². The van der Waals surface area contributed by atoms with Crippen LogP contribution in [-0.2, 0) is 6.54 Å². The molecule has 3 rings (SSSR count). The van der Waals surface area contributed by atoms with Crippen LogP contribution in [0.25, 0.3) is 0 Å². The lowest BCUT2D eigenvalue weighted by atomic mass is 10.1. The Bertz CT molecular complexity index is 620. The predicted octanol–water partition coefficient (Wildman–Crippen LogP) is 2.60. The van der Waals surface area contributed by atoms with Crippen LogP contribution < -0.4 is 16.4 Å². The zero-order valence-electron chi connectivity index (χ0n) is 11.1. The number of carbonyl (C=O) groups excluding carboxylic acids is 1. The topological polar surface area (TPSA) is 72.4 Å². The summed E-state index contributed by atoms with van der Waals surface area (Å²) in [4.78, 5) is 15.0. The van der Waals surface area contributed by atoms with Gasteiger partial charge in [-0.1, -0.05) is 12.1 Å². The van der Waals surface area contributed by atoms with Gasteiger partial charge in [0.25, 0.3) is 5.91 Å². The Kier molecular flexibility index (Phi) is 3.36.